The molecule has 47 heavy (non-hydrogen) atoms. The van der Waals surface area contributed by atoms with Gasteiger partial charge >= 0.3 is 5.97 Å². The summed E-state index contributed by atoms with van der Waals surface area (Å²) in [6.07, 6.45) is 56.1. The van der Waals surface area contributed by atoms with E-state index in [2.05, 4.69) is 111 Å². The summed E-state index contributed by atoms with van der Waals surface area (Å²) >= 11 is 0. The van der Waals surface area contributed by atoms with Crippen LogP contribution in [0.1, 0.15) is 142 Å². The smallest absolute Gasteiger partial charge is 0.306 e. The van der Waals surface area contributed by atoms with E-state index in [1.165, 1.54) is 44.9 Å². The fourth-order valence-electron chi connectivity index (χ4n) is 4.63. The Hall–Kier alpha value is -2.69. The zero-order chi connectivity index (χ0) is 34.1. The minimum atomic E-state index is -0.587. The molecule has 0 amide bonds. The number of allylic oxidation sites excluding steroid dienone is 15. The van der Waals surface area contributed by atoms with Gasteiger partial charge in [-0.05, 0) is 83.5 Å². The fraction of sp³-hybridized carbons (Fsp3) is 0.605. The third kappa shape index (κ3) is 37.6. The summed E-state index contributed by atoms with van der Waals surface area (Å²) in [5, 5.41) is 9.55. The van der Waals surface area contributed by atoms with E-state index in [0.717, 1.165) is 77.0 Å². The van der Waals surface area contributed by atoms with Gasteiger partial charge in [0.2, 0.25) is 0 Å². The predicted octanol–water partition coefficient (Wildman–Crippen LogP) is 12.2. The molecule has 0 aliphatic heterocycles. The molecule has 0 fully saturated rings. The zero-order valence-corrected chi connectivity index (χ0v) is 30.3. The van der Waals surface area contributed by atoms with Crippen molar-refractivity contribution >= 4 is 5.97 Å². The molecule has 0 aliphatic carbocycles. The van der Waals surface area contributed by atoms with Crippen molar-refractivity contribution in [3.8, 4) is 0 Å². The molecule has 0 radical (unpaired) electrons. The molecule has 0 saturated heterocycles. The average molecular weight is 651 g/mol. The maximum atomic E-state index is 12.2. The largest absolute Gasteiger partial charge is 0.457 e. The Kier molecular flexibility index (Phi) is 37.2. The highest BCUT2D eigenvalue weighted by atomic mass is 16.6. The second-order valence-corrected chi connectivity index (χ2v) is 11.9. The van der Waals surface area contributed by atoms with Crippen molar-refractivity contribution in [3.05, 3.63) is 97.2 Å². The van der Waals surface area contributed by atoms with Crippen LogP contribution in [0.4, 0.5) is 0 Å². The van der Waals surface area contributed by atoms with E-state index in [4.69, 9.17) is 9.47 Å². The van der Waals surface area contributed by atoms with Gasteiger partial charge in [0, 0.05) is 6.42 Å². The SMILES string of the molecule is CC/C=C\C/C=C\C/C=C\C/C=C\C/C=C\CCOCC(CO)OC(=O)CCCCCCCC/C=C\C/C=C\C/C=C\CCCCC. The normalized spacial score (nSPS) is 13.5. The first-order valence-electron chi connectivity index (χ1n) is 18.8. The van der Waals surface area contributed by atoms with Crippen molar-refractivity contribution in [1.29, 1.82) is 0 Å². The summed E-state index contributed by atoms with van der Waals surface area (Å²) in [6.45, 7) is 4.96. The second kappa shape index (κ2) is 39.5. The van der Waals surface area contributed by atoms with Crippen LogP contribution in [-0.4, -0.2) is 37.0 Å². The molecule has 0 aromatic heterocycles. The van der Waals surface area contributed by atoms with E-state index in [1.54, 1.807) is 0 Å². The van der Waals surface area contributed by atoms with Crippen molar-refractivity contribution in [2.45, 2.75) is 148 Å². The lowest BCUT2D eigenvalue weighted by Gasteiger charge is -2.15. The number of rotatable bonds is 33. The Labute approximate surface area is 290 Å². The minimum absolute atomic E-state index is 0.214. The standard InChI is InChI=1S/C43H70O4/c1-3-5-7-9-11-13-15-17-19-21-22-23-24-26-28-30-32-34-36-38-43(45)47-42(40-44)41-46-39-37-35-33-31-29-27-25-20-18-16-14-12-10-8-6-4-2/h6,8,11-14,17-20,22-23,27,29,33,35,42,44H,3-5,7,9-10,15-16,21,24-26,28,30-32,34,36-41H2,1-2H3/b8-6-,13-11-,14-12-,19-17-,20-18-,23-22-,29-27-,35-33-. The number of hydrogen-bond acceptors (Lipinski definition) is 4. The van der Waals surface area contributed by atoms with E-state index in [9.17, 15) is 9.90 Å². The Balaban J connectivity index is 3.63. The number of esters is 1. The summed E-state index contributed by atoms with van der Waals surface area (Å²) in [5.74, 6) is -0.243. The highest BCUT2D eigenvalue weighted by molar-refractivity contribution is 5.69. The van der Waals surface area contributed by atoms with Gasteiger partial charge in [0.1, 0.15) is 6.10 Å². The van der Waals surface area contributed by atoms with Gasteiger partial charge in [-0.3, -0.25) is 4.79 Å². The highest BCUT2D eigenvalue weighted by Gasteiger charge is 2.13. The molecule has 1 unspecified atom stereocenters. The molecular formula is C43H70O4. The third-order valence-corrected chi connectivity index (χ3v) is 7.41. The number of unbranched alkanes of at least 4 members (excludes halogenated alkanes) is 9. The molecule has 0 spiro atoms. The summed E-state index contributed by atoms with van der Waals surface area (Å²) in [6, 6.07) is 0. The molecule has 0 aromatic carbocycles. The van der Waals surface area contributed by atoms with E-state index in [0.29, 0.717) is 13.0 Å². The van der Waals surface area contributed by atoms with E-state index < -0.39 is 6.10 Å². The van der Waals surface area contributed by atoms with Gasteiger partial charge in [-0.15, -0.1) is 0 Å². The van der Waals surface area contributed by atoms with Gasteiger partial charge in [0.15, 0.2) is 0 Å². The van der Waals surface area contributed by atoms with Crippen LogP contribution in [0.2, 0.25) is 0 Å². The molecule has 0 saturated carbocycles. The lowest BCUT2D eigenvalue weighted by molar-refractivity contribution is -0.154. The topological polar surface area (TPSA) is 55.8 Å². The summed E-state index contributed by atoms with van der Waals surface area (Å²) in [5.41, 5.74) is 0. The van der Waals surface area contributed by atoms with Gasteiger partial charge in [-0.1, -0.05) is 150 Å². The summed E-state index contributed by atoms with van der Waals surface area (Å²) in [7, 11) is 0. The maximum absolute atomic E-state index is 12.2. The van der Waals surface area contributed by atoms with Gasteiger partial charge in [0.25, 0.3) is 0 Å². The van der Waals surface area contributed by atoms with Gasteiger partial charge in [-0.25, -0.2) is 0 Å². The Morgan fingerprint density at radius 3 is 1.45 bits per heavy atom. The van der Waals surface area contributed by atoms with Crippen molar-refractivity contribution < 1.29 is 19.4 Å². The minimum Gasteiger partial charge on any atom is -0.457 e. The molecule has 1 N–H and O–H groups in total. The lowest BCUT2D eigenvalue weighted by atomic mass is 10.1. The first-order chi connectivity index (χ1) is 23.2. The molecule has 1 atom stereocenters. The van der Waals surface area contributed by atoms with Crippen LogP contribution in [0.15, 0.2) is 97.2 Å². The molecule has 4 nitrogen and oxygen atoms in total. The second-order valence-electron chi connectivity index (χ2n) is 11.9. The van der Waals surface area contributed by atoms with Crippen molar-refractivity contribution in [1.82, 2.24) is 0 Å². The van der Waals surface area contributed by atoms with Crippen molar-refractivity contribution in [2.24, 2.45) is 0 Å². The van der Waals surface area contributed by atoms with Crippen LogP contribution in [0.5, 0.6) is 0 Å². The number of hydrogen-bond donors (Lipinski definition) is 1. The number of carbonyl (C=O) groups excluding carboxylic acids is 1. The van der Waals surface area contributed by atoms with Crippen LogP contribution < -0.4 is 0 Å². The number of ether oxygens (including phenoxy) is 2. The van der Waals surface area contributed by atoms with Crippen LogP contribution in [0.3, 0.4) is 0 Å². The van der Waals surface area contributed by atoms with Crippen molar-refractivity contribution in [2.75, 3.05) is 19.8 Å². The molecule has 0 bridgehead atoms. The Bertz CT molecular complexity index is 903. The monoisotopic (exact) mass is 651 g/mol. The average Bonchev–Trinajstić information content (AvgIpc) is 3.08. The predicted molar refractivity (Wildman–Crippen MR) is 205 cm³/mol. The first-order valence-corrected chi connectivity index (χ1v) is 18.8. The maximum Gasteiger partial charge on any atom is 0.306 e. The highest BCUT2D eigenvalue weighted by Crippen LogP contribution is 2.10. The summed E-state index contributed by atoms with van der Waals surface area (Å²) in [4.78, 5) is 12.2. The van der Waals surface area contributed by atoms with Crippen molar-refractivity contribution in [3.63, 3.8) is 0 Å². The van der Waals surface area contributed by atoms with E-state index >= 15 is 0 Å². The first kappa shape index (κ1) is 44.3. The van der Waals surface area contributed by atoms with Crippen LogP contribution in [0, 0.1) is 0 Å². The lowest BCUT2D eigenvalue weighted by Crippen LogP contribution is -2.27. The molecule has 0 heterocycles. The number of aliphatic hydroxyl groups is 1. The molecule has 0 rings (SSSR count). The Morgan fingerprint density at radius 1 is 0.532 bits per heavy atom. The quantitative estimate of drug-likeness (QED) is 0.0436. The van der Waals surface area contributed by atoms with Crippen LogP contribution in [0.25, 0.3) is 0 Å². The van der Waals surface area contributed by atoms with Crippen LogP contribution in [-0.2, 0) is 14.3 Å². The number of carbonyl (C=O) groups is 1. The molecule has 266 valence electrons. The molecule has 0 aromatic rings. The summed E-state index contributed by atoms with van der Waals surface area (Å²) < 4.78 is 11.0. The third-order valence-electron chi connectivity index (χ3n) is 7.41. The van der Waals surface area contributed by atoms with Gasteiger partial charge in [0.05, 0.1) is 19.8 Å². The molecule has 0 aliphatic rings. The van der Waals surface area contributed by atoms with E-state index in [1.807, 2.05) is 0 Å². The van der Waals surface area contributed by atoms with Gasteiger partial charge in [-0.2, -0.15) is 0 Å². The fourth-order valence-corrected chi connectivity index (χ4v) is 4.63. The zero-order valence-electron chi connectivity index (χ0n) is 30.3. The van der Waals surface area contributed by atoms with Crippen LogP contribution >= 0.6 is 0 Å². The molecule has 4 heteroatoms. The van der Waals surface area contributed by atoms with E-state index in [-0.39, 0.29) is 19.2 Å². The van der Waals surface area contributed by atoms with Gasteiger partial charge < -0.3 is 14.6 Å². The molecular weight excluding hydrogens is 580 g/mol. The Morgan fingerprint density at radius 2 is 0.957 bits per heavy atom. The number of aliphatic hydroxyl groups excluding tert-OH is 1.